The normalized spacial score (nSPS) is 15.3. The monoisotopic (exact) mass is 452 g/mol. The fourth-order valence-electron chi connectivity index (χ4n) is 3.03. The minimum atomic E-state index is -3.79. The molecule has 2 heterocycles. The van der Waals surface area contributed by atoms with Crippen molar-refractivity contribution in [3.8, 4) is 0 Å². The zero-order valence-electron chi connectivity index (χ0n) is 15.9. The Labute approximate surface area is 177 Å². The smallest absolute Gasteiger partial charge is 0.303 e. The third-order valence-electron chi connectivity index (χ3n) is 4.56. The van der Waals surface area contributed by atoms with Crippen molar-refractivity contribution in [3.63, 3.8) is 0 Å². The standard InChI is InChI=1S/C18H20N4O6S2/c23-18(24)8-7-15(17-4-3-11-29-17)20-19-14-6-5-13(12-16(14)22(25)26)30(27,28)21-9-1-2-10-21/h3-6,11-12,19H,1-2,7-10H2,(H,23,24)/b20-15-. The van der Waals surface area contributed by atoms with Crippen molar-refractivity contribution in [3.05, 3.63) is 50.7 Å². The molecule has 12 heteroatoms. The van der Waals surface area contributed by atoms with Crippen molar-refractivity contribution in [1.82, 2.24) is 4.31 Å². The second kappa shape index (κ2) is 9.32. The number of nitro benzene ring substituents is 1. The molecule has 1 fully saturated rings. The van der Waals surface area contributed by atoms with Gasteiger partial charge in [-0.05, 0) is 36.4 Å². The number of carboxylic acids is 1. The van der Waals surface area contributed by atoms with Gasteiger partial charge in [-0.2, -0.15) is 9.41 Å². The molecule has 0 aliphatic carbocycles. The first-order chi connectivity index (χ1) is 14.3. The molecule has 1 aromatic carbocycles. The maximum Gasteiger partial charge on any atom is 0.303 e. The highest BCUT2D eigenvalue weighted by Gasteiger charge is 2.29. The molecule has 0 unspecified atom stereocenters. The van der Waals surface area contributed by atoms with Gasteiger partial charge < -0.3 is 5.11 Å². The van der Waals surface area contributed by atoms with E-state index in [0.717, 1.165) is 23.8 Å². The highest BCUT2D eigenvalue weighted by molar-refractivity contribution is 7.89. The van der Waals surface area contributed by atoms with E-state index in [4.69, 9.17) is 5.11 Å². The van der Waals surface area contributed by atoms with E-state index in [1.165, 1.54) is 27.8 Å². The van der Waals surface area contributed by atoms with Crippen LogP contribution in [0.1, 0.15) is 30.6 Å². The SMILES string of the molecule is O=C(O)CC/C(=N/Nc1ccc(S(=O)(=O)N2CCCC2)cc1[N+](=O)[O-])c1cccs1. The highest BCUT2D eigenvalue weighted by Crippen LogP contribution is 2.30. The molecule has 1 aliphatic rings. The van der Waals surface area contributed by atoms with Gasteiger partial charge in [0.05, 0.1) is 26.8 Å². The number of benzene rings is 1. The van der Waals surface area contributed by atoms with Crippen LogP contribution in [-0.2, 0) is 14.8 Å². The molecule has 2 aromatic rings. The molecule has 2 N–H and O–H groups in total. The molecule has 0 radical (unpaired) electrons. The first kappa shape index (κ1) is 21.9. The Morgan fingerprint density at radius 2 is 2.00 bits per heavy atom. The molecule has 0 amide bonds. The Morgan fingerprint density at radius 1 is 1.27 bits per heavy atom. The Hall–Kier alpha value is -2.83. The Balaban J connectivity index is 1.90. The summed E-state index contributed by atoms with van der Waals surface area (Å²) in [5.74, 6) is -0.985. The number of hydrogen-bond acceptors (Lipinski definition) is 8. The molecular formula is C18H20N4O6S2. The zero-order valence-corrected chi connectivity index (χ0v) is 17.5. The maximum absolute atomic E-state index is 12.7. The topological polar surface area (TPSA) is 142 Å². The summed E-state index contributed by atoms with van der Waals surface area (Å²) in [7, 11) is -3.79. The van der Waals surface area contributed by atoms with Gasteiger partial charge in [-0.25, -0.2) is 8.42 Å². The fraction of sp³-hybridized carbons (Fsp3) is 0.333. The van der Waals surface area contributed by atoms with Crippen LogP contribution < -0.4 is 5.43 Å². The van der Waals surface area contributed by atoms with Gasteiger partial charge in [0, 0.05) is 25.6 Å². The lowest BCUT2D eigenvalue weighted by Gasteiger charge is -2.15. The number of sulfonamides is 1. The summed E-state index contributed by atoms with van der Waals surface area (Å²) in [4.78, 5) is 22.4. The second-order valence-corrected chi connectivity index (χ2v) is 9.47. The summed E-state index contributed by atoms with van der Waals surface area (Å²) in [5.41, 5.74) is 2.64. The summed E-state index contributed by atoms with van der Waals surface area (Å²) in [5, 5.41) is 26.5. The number of nitrogens with zero attached hydrogens (tertiary/aromatic N) is 3. The number of thiophene rings is 1. The lowest BCUT2D eigenvalue weighted by molar-refractivity contribution is -0.384. The summed E-state index contributed by atoms with van der Waals surface area (Å²) in [6.07, 6.45) is 1.51. The van der Waals surface area contributed by atoms with Crippen molar-refractivity contribution in [2.75, 3.05) is 18.5 Å². The zero-order chi connectivity index (χ0) is 21.7. The van der Waals surface area contributed by atoms with Crippen molar-refractivity contribution >= 4 is 44.4 Å². The Kier molecular flexibility index (Phi) is 6.80. The van der Waals surface area contributed by atoms with E-state index < -0.39 is 26.6 Å². The maximum atomic E-state index is 12.7. The predicted molar refractivity (Wildman–Crippen MR) is 112 cm³/mol. The predicted octanol–water partition coefficient (Wildman–Crippen LogP) is 3.12. The van der Waals surface area contributed by atoms with Gasteiger partial charge in [-0.3, -0.25) is 20.3 Å². The Bertz CT molecular complexity index is 1060. The van der Waals surface area contributed by atoms with Gasteiger partial charge in [-0.1, -0.05) is 6.07 Å². The van der Waals surface area contributed by atoms with E-state index in [2.05, 4.69) is 10.5 Å². The molecule has 1 aliphatic heterocycles. The number of hydrogen-bond donors (Lipinski definition) is 2. The van der Waals surface area contributed by atoms with E-state index in [1.54, 1.807) is 12.1 Å². The van der Waals surface area contributed by atoms with Gasteiger partial charge in [-0.15, -0.1) is 11.3 Å². The van der Waals surface area contributed by atoms with Crippen LogP contribution in [0.4, 0.5) is 11.4 Å². The van der Waals surface area contributed by atoms with Gasteiger partial charge in [0.15, 0.2) is 0 Å². The van der Waals surface area contributed by atoms with E-state index in [-0.39, 0.29) is 23.4 Å². The molecule has 0 spiro atoms. The van der Waals surface area contributed by atoms with Gasteiger partial charge in [0.1, 0.15) is 5.69 Å². The molecule has 160 valence electrons. The lowest BCUT2D eigenvalue weighted by Crippen LogP contribution is -2.27. The van der Waals surface area contributed by atoms with E-state index in [1.807, 2.05) is 5.38 Å². The van der Waals surface area contributed by atoms with Gasteiger partial charge in [0.2, 0.25) is 10.0 Å². The van der Waals surface area contributed by atoms with Crippen LogP contribution in [0.5, 0.6) is 0 Å². The molecule has 1 aromatic heterocycles. The number of carbonyl (C=O) groups is 1. The van der Waals surface area contributed by atoms with Gasteiger partial charge >= 0.3 is 5.97 Å². The van der Waals surface area contributed by atoms with Crippen LogP contribution in [-0.4, -0.2) is 47.5 Å². The fourth-order valence-corrected chi connectivity index (χ4v) is 5.31. The van der Waals surface area contributed by atoms with Crippen molar-refractivity contribution in [2.24, 2.45) is 5.10 Å². The quantitative estimate of drug-likeness (QED) is 0.338. The molecule has 30 heavy (non-hydrogen) atoms. The first-order valence-corrected chi connectivity index (χ1v) is 11.5. The van der Waals surface area contributed by atoms with Crippen LogP contribution in [0.25, 0.3) is 0 Å². The van der Waals surface area contributed by atoms with Gasteiger partial charge in [0.25, 0.3) is 5.69 Å². The minimum Gasteiger partial charge on any atom is -0.481 e. The van der Waals surface area contributed by atoms with E-state index in [9.17, 15) is 23.3 Å². The number of anilines is 1. The van der Waals surface area contributed by atoms with E-state index in [0.29, 0.717) is 18.8 Å². The average molecular weight is 453 g/mol. The third-order valence-corrected chi connectivity index (χ3v) is 7.37. The highest BCUT2D eigenvalue weighted by atomic mass is 32.2. The molecule has 3 rings (SSSR count). The summed E-state index contributed by atoms with van der Waals surface area (Å²) < 4.78 is 26.7. The molecule has 1 saturated heterocycles. The first-order valence-electron chi connectivity index (χ1n) is 9.16. The summed E-state index contributed by atoms with van der Waals surface area (Å²) in [6, 6.07) is 7.19. The molecule has 0 bridgehead atoms. The lowest BCUT2D eigenvalue weighted by atomic mass is 10.2. The number of nitro groups is 1. The summed E-state index contributed by atoms with van der Waals surface area (Å²) >= 11 is 1.37. The summed E-state index contributed by atoms with van der Waals surface area (Å²) in [6.45, 7) is 0.794. The third kappa shape index (κ3) is 5.01. The molecule has 0 atom stereocenters. The van der Waals surface area contributed by atoms with Crippen LogP contribution in [0, 0.1) is 10.1 Å². The molecule has 10 nitrogen and oxygen atoms in total. The largest absolute Gasteiger partial charge is 0.481 e. The van der Waals surface area contributed by atoms with Crippen LogP contribution in [0.3, 0.4) is 0 Å². The average Bonchev–Trinajstić information content (AvgIpc) is 3.42. The minimum absolute atomic E-state index is 0.0183. The molecule has 0 saturated carbocycles. The number of rotatable bonds is 9. The van der Waals surface area contributed by atoms with Crippen molar-refractivity contribution < 1.29 is 23.2 Å². The number of aliphatic carboxylic acids is 1. The number of hydrazone groups is 1. The number of carboxylic acid groups (broad SMARTS) is 1. The van der Waals surface area contributed by atoms with Crippen LogP contribution >= 0.6 is 11.3 Å². The Morgan fingerprint density at radius 3 is 2.60 bits per heavy atom. The van der Waals surface area contributed by atoms with Crippen molar-refractivity contribution in [2.45, 2.75) is 30.6 Å². The van der Waals surface area contributed by atoms with Crippen LogP contribution in [0.2, 0.25) is 0 Å². The van der Waals surface area contributed by atoms with E-state index >= 15 is 0 Å². The number of nitrogens with one attached hydrogen (secondary N) is 1. The van der Waals surface area contributed by atoms with Crippen molar-refractivity contribution in [1.29, 1.82) is 0 Å². The second-order valence-electron chi connectivity index (χ2n) is 6.59. The van der Waals surface area contributed by atoms with Crippen LogP contribution in [0.15, 0.2) is 45.7 Å². The molecular weight excluding hydrogens is 432 g/mol.